The maximum Gasteiger partial charge on any atom is 0.387 e. The number of halogens is 2. The first-order chi connectivity index (χ1) is 12.0. The van der Waals surface area contributed by atoms with Crippen LogP contribution in [0.5, 0.6) is 5.75 Å². The molecular formula is C18H14F2N2O3. The lowest BCUT2D eigenvalue weighted by molar-refractivity contribution is -0.0496. The number of hydrogen-bond donors (Lipinski definition) is 2. The Morgan fingerprint density at radius 2 is 1.92 bits per heavy atom. The zero-order chi connectivity index (χ0) is 18.0. The molecule has 0 spiro atoms. The summed E-state index contributed by atoms with van der Waals surface area (Å²) in [6.07, 6.45) is 0. The fraction of sp³-hybridized carbons (Fsp3) is 0.111. The van der Waals surface area contributed by atoms with Gasteiger partial charge < -0.3 is 14.8 Å². The smallest absolute Gasteiger partial charge is 0.387 e. The van der Waals surface area contributed by atoms with E-state index in [1.54, 1.807) is 37.3 Å². The Balaban J connectivity index is 2.11. The molecule has 128 valence electrons. The van der Waals surface area contributed by atoms with E-state index < -0.39 is 12.6 Å². The topological polar surface area (TPSA) is 75.2 Å². The number of carboxylic acids is 1. The van der Waals surface area contributed by atoms with Crippen LogP contribution in [0.25, 0.3) is 22.6 Å². The van der Waals surface area contributed by atoms with Gasteiger partial charge in [-0.05, 0) is 25.1 Å². The summed E-state index contributed by atoms with van der Waals surface area (Å²) in [6, 6.07) is 13.1. The number of nitrogens with one attached hydrogen (secondary N) is 1. The van der Waals surface area contributed by atoms with E-state index in [2.05, 4.69) is 14.7 Å². The van der Waals surface area contributed by atoms with Gasteiger partial charge in [0.1, 0.15) is 5.69 Å². The summed E-state index contributed by atoms with van der Waals surface area (Å²) >= 11 is 0. The number of nitrogens with zero attached hydrogens (tertiary/aromatic N) is 1. The molecule has 1 aromatic carbocycles. The molecule has 0 amide bonds. The number of rotatable bonds is 5. The van der Waals surface area contributed by atoms with Crippen molar-refractivity contribution in [1.82, 2.24) is 9.97 Å². The van der Waals surface area contributed by atoms with Crippen LogP contribution in [0.4, 0.5) is 8.78 Å². The van der Waals surface area contributed by atoms with Gasteiger partial charge in [0.05, 0.1) is 17.0 Å². The molecule has 0 saturated heterocycles. The van der Waals surface area contributed by atoms with Gasteiger partial charge in [-0.1, -0.05) is 30.3 Å². The Hall–Kier alpha value is -3.22. The number of carbonyl (C=O) groups is 1. The highest BCUT2D eigenvalue weighted by atomic mass is 19.3. The largest absolute Gasteiger partial charge is 0.478 e. The first-order valence-electron chi connectivity index (χ1n) is 7.40. The zero-order valence-corrected chi connectivity index (χ0v) is 13.2. The molecule has 7 heteroatoms. The number of aryl methyl sites for hydroxylation is 1. The third kappa shape index (κ3) is 3.50. The number of aromatic amines is 1. The fourth-order valence-electron chi connectivity index (χ4n) is 2.51. The van der Waals surface area contributed by atoms with Crippen LogP contribution in [0.2, 0.25) is 0 Å². The molecule has 0 fully saturated rings. The number of hydrogen-bond acceptors (Lipinski definition) is 3. The normalized spacial score (nSPS) is 10.9. The standard InChI is InChI=1S/C18H14F2N2O3/c1-10-12(17(23)24)9-14(21-10)13-7-8-15(25-18(19)20)16(22-13)11-5-3-2-4-6-11/h2-9,18,21H,1H3,(H,23,24). The van der Waals surface area contributed by atoms with E-state index in [0.29, 0.717) is 22.6 Å². The van der Waals surface area contributed by atoms with Gasteiger partial charge in [-0.15, -0.1) is 0 Å². The van der Waals surface area contributed by atoms with Gasteiger partial charge >= 0.3 is 12.6 Å². The van der Waals surface area contributed by atoms with Crippen molar-refractivity contribution in [1.29, 1.82) is 0 Å². The molecule has 0 aliphatic carbocycles. The Labute approximate surface area is 141 Å². The Kier molecular flexibility index (Phi) is 4.47. The van der Waals surface area contributed by atoms with Crippen LogP contribution in [0, 0.1) is 6.92 Å². The van der Waals surface area contributed by atoms with E-state index in [-0.39, 0.29) is 17.0 Å². The van der Waals surface area contributed by atoms with E-state index in [9.17, 15) is 13.6 Å². The molecule has 25 heavy (non-hydrogen) atoms. The fourth-order valence-corrected chi connectivity index (χ4v) is 2.51. The SMILES string of the molecule is Cc1[nH]c(-c2ccc(OC(F)F)c(-c3ccccc3)n2)cc1C(=O)O. The Bertz CT molecular complexity index is 908. The maximum atomic E-state index is 12.7. The number of H-pyrrole nitrogens is 1. The summed E-state index contributed by atoms with van der Waals surface area (Å²) in [5.74, 6) is -1.10. The second-order valence-corrected chi connectivity index (χ2v) is 5.31. The van der Waals surface area contributed by atoms with E-state index in [4.69, 9.17) is 5.11 Å². The highest BCUT2D eigenvalue weighted by Gasteiger charge is 2.17. The average Bonchev–Trinajstić information content (AvgIpc) is 2.97. The van der Waals surface area contributed by atoms with Crippen molar-refractivity contribution in [2.75, 3.05) is 0 Å². The minimum absolute atomic E-state index is 0.0494. The minimum atomic E-state index is -2.97. The van der Waals surface area contributed by atoms with Crippen molar-refractivity contribution in [3.05, 3.63) is 59.8 Å². The number of aromatic nitrogens is 2. The second kappa shape index (κ2) is 6.72. The third-order valence-corrected chi connectivity index (χ3v) is 3.64. The predicted octanol–water partition coefficient (Wildman–Crippen LogP) is 4.35. The van der Waals surface area contributed by atoms with Crippen LogP contribution < -0.4 is 4.74 Å². The monoisotopic (exact) mass is 344 g/mol. The third-order valence-electron chi connectivity index (χ3n) is 3.64. The molecule has 2 N–H and O–H groups in total. The number of aromatic carboxylic acids is 1. The quantitative estimate of drug-likeness (QED) is 0.721. The molecule has 0 aliphatic heterocycles. The van der Waals surface area contributed by atoms with Crippen LogP contribution >= 0.6 is 0 Å². The highest BCUT2D eigenvalue weighted by molar-refractivity contribution is 5.90. The van der Waals surface area contributed by atoms with Gasteiger partial charge in [0, 0.05) is 11.3 Å². The van der Waals surface area contributed by atoms with Crippen molar-refractivity contribution in [3.8, 4) is 28.4 Å². The molecule has 0 atom stereocenters. The van der Waals surface area contributed by atoms with E-state index in [1.807, 2.05) is 0 Å². The second-order valence-electron chi connectivity index (χ2n) is 5.31. The Morgan fingerprint density at radius 1 is 1.20 bits per heavy atom. The van der Waals surface area contributed by atoms with Gasteiger partial charge in [0.15, 0.2) is 5.75 Å². The number of benzene rings is 1. The maximum absolute atomic E-state index is 12.7. The molecule has 5 nitrogen and oxygen atoms in total. The van der Waals surface area contributed by atoms with Gasteiger partial charge in [0.2, 0.25) is 0 Å². The van der Waals surface area contributed by atoms with E-state index >= 15 is 0 Å². The Morgan fingerprint density at radius 3 is 2.52 bits per heavy atom. The van der Waals surface area contributed by atoms with Crippen molar-refractivity contribution in [3.63, 3.8) is 0 Å². The molecule has 0 bridgehead atoms. The van der Waals surface area contributed by atoms with Gasteiger partial charge in [-0.3, -0.25) is 0 Å². The number of ether oxygens (including phenoxy) is 1. The highest BCUT2D eigenvalue weighted by Crippen LogP contribution is 2.32. The van der Waals surface area contributed by atoms with Gasteiger partial charge in [0.25, 0.3) is 0 Å². The van der Waals surface area contributed by atoms with Crippen molar-refractivity contribution in [2.24, 2.45) is 0 Å². The first-order valence-corrected chi connectivity index (χ1v) is 7.40. The number of carboxylic acid groups (broad SMARTS) is 1. The zero-order valence-electron chi connectivity index (χ0n) is 13.2. The summed E-state index contributed by atoms with van der Waals surface area (Å²) in [4.78, 5) is 18.5. The van der Waals surface area contributed by atoms with Crippen molar-refractivity contribution < 1.29 is 23.4 Å². The first kappa shape index (κ1) is 16.6. The molecule has 3 rings (SSSR count). The lowest BCUT2D eigenvalue weighted by Gasteiger charge is -2.11. The summed E-state index contributed by atoms with van der Waals surface area (Å²) < 4.78 is 29.9. The molecule has 2 heterocycles. The summed E-state index contributed by atoms with van der Waals surface area (Å²) in [7, 11) is 0. The van der Waals surface area contributed by atoms with Crippen LogP contribution in [0.15, 0.2) is 48.5 Å². The van der Waals surface area contributed by atoms with Crippen molar-refractivity contribution in [2.45, 2.75) is 13.5 Å². The van der Waals surface area contributed by atoms with Crippen LogP contribution in [-0.2, 0) is 0 Å². The molecule has 2 aromatic heterocycles. The lowest BCUT2D eigenvalue weighted by Crippen LogP contribution is -2.04. The summed E-state index contributed by atoms with van der Waals surface area (Å²) in [5.41, 5.74) is 2.39. The van der Waals surface area contributed by atoms with E-state index in [0.717, 1.165) is 0 Å². The molecule has 3 aromatic rings. The lowest BCUT2D eigenvalue weighted by atomic mass is 10.1. The van der Waals surface area contributed by atoms with Gasteiger partial charge in [-0.2, -0.15) is 8.78 Å². The van der Waals surface area contributed by atoms with Crippen LogP contribution in [-0.4, -0.2) is 27.7 Å². The average molecular weight is 344 g/mol. The molecule has 0 unspecified atom stereocenters. The molecule has 0 aliphatic rings. The number of alkyl halides is 2. The molecular weight excluding hydrogens is 330 g/mol. The number of pyridine rings is 1. The van der Waals surface area contributed by atoms with E-state index in [1.165, 1.54) is 18.2 Å². The molecule has 0 radical (unpaired) electrons. The van der Waals surface area contributed by atoms with Gasteiger partial charge in [-0.25, -0.2) is 9.78 Å². The summed E-state index contributed by atoms with van der Waals surface area (Å²) in [5, 5.41) is 9.16. The van der Waals surface area contributed by atoms with Crippen LogP contribution in [0.3, 0.4) is 0 Å². The van der Waals surface area contributed by atoms with Crippen LogP contribution in [0.1, 0.15) is 16.1 Å². The minimum Gasteiger partial charge on any atom is -0.478 e. The van der Waals surface area contributed by atoms with Crippen molar-refractivity contribution >= 4 is 5.97 Å². The summed E-state index contributed by atoms with van der Waals surface area (Å²) in [6.45, 7) is -1.33. The molecule has 0 saturated carbocycles. The predicted molar refractivity (Wildman–Crippen MR) is 87.8 cm³/mol.